The van der Waals surface area contributed by atoms with E-state index >= 15 is 0 Å². The summed E-state index contributed by atoms with van der Waals surface area (Å²) in [6.45, 7) is 5.45. The fourth-order valence-electron chi connectivity index (χ4n) is 3.11. The van der Waals surface area contributed by atoms with Gasteiger partial charge in [-0.15, -0.1) is 0 Å². The van der Waals surface area contributed by atoms with Gasteiger partial charge in [-0.05, 0) is 44.1 Å². The van der Waals surface area contributed by atoms with Crippen molar-refractivity contribution < 1.29 is 0 Å². The molecule has 0 atom stereocenters. The summed E-state index contributed by atoms with van der Waals surface area (Å²) < 4.78 is 0. The zero-order valence-electron chi connectivity index (χ0n) is 13.0. The number of nitrogens with one attached hydrogen (secondary N) is 2. The minimum atomic E-state index is 0.643. The van der Waals surface area contributed by atoms with Crippen LogP contribution in [-0.4, -0.2) is 17.6 Å². The Bertz CT molecular complexity index is 384. The van der Waals surface area contributed by atoms with Gasteiger partial charge in [0.15, 0.2) is 0 Å². The van der Waals surface area contributed by atoms with Crippen LogP contribution in [0.1, 0.15) is 58.8 Å². The summed E-state index contributed by atoms with van der Waals surface area (Å²) in [6, 6.07) is 4.85. The van der Waals surface area contributed by atoms with E-state index < -0.39 is 0 Å². The molecule has 2 N–H and O–H groups in total. The zero-order chi connectivity index (χ0) is 14.2. The number of anilines is 2. The van der Waals surface area contributed by atoms with E-state index in [-0.39, 0.29) is 0 Å². The maximum Gasteiger partial charge on any atom is 0.127 e. The van der Waals surface area contributed by atoms with Crippen LogP contribution >= 0.6 is 0 Å². The van der Waals surface area contributed by atoms with Gasteiger partial charge in [-0.25, -0.2) is 4.98 Å². The highest BCUT2D eigenvalue weighted by molar-refractivity contribution is 5.52. The lowest BCUT2D eigenvalue weighted by atomic mass is 9.83. The van der Waals surface area contributed by atoms with Crippen LogP contribution in [0.25, 0.3) is 0 Å². The van der Waals surface area contributed by atoms with Crippen molar-refractivity contribution in [2.24, 2.45) is 5.92 Å². The Balaban J connectivity index is 1.81. The van der Waals surface area contributed by atoms with E-state index in [1.807, 2.05) is 6.20 Å². The molecular weight excluding hydrogens is 246 g/mol. The van der Waals surface area contributed by atoms with Gasteiger partial charge in [-0.1, -0.05) is 26.7 Å². The van der Waals surface area contributed by atoms with Gasteiger partial charge in [-0.3, -0.25) is 0 Å². The van der Waals surface area contributed by atoms with Gasteiger partial charge in [-0.2, -0.15) is 0 Å². The van der Waals surface area contributed by atoms with E-state index in [4.69, 9.17) is 0 Å². The molecule has 1 saturated carbocycles. The van der Waals surface area contributed by atoms with Gasteiger partial charge in [0.1, 0.15) is 5.82 Å². The van der Waals surface area contributed by atoms with Crippen molar-refractivity contribution >= 4 is 11.5 Å². The van der Waals surface area contributed by atoms with E-state index in [2.05, 4.69) is 41.6 Å². The van der Waals surface area contributed by atoms with Crippen LogP contribution in [0, 0.1) is 5.92 Å². The quantitative estimate of drug-likeness (QED) is 0.759. The maximum atomic E-state index is 4.36. The van der Waals surface area contributed by atoms with Crippen LogP contribution in [0.5, 0.6) is 0 Å². The highest BCUT2D eigenvalue weighted by Gasteiger charge is 2.20. The van der Waals surface area contributed by atoms with Gasteiger partial charge in [0.2, 0.25) is 0 Å². The smallest absolute Gasteiger partial charge is 0.127 e. The molecule has 0 aliphatic heterocycles. The highest BCUT2D eigenvalue weighted by Crippen LogP contribution is 2.29. The topological polar surface area (TPSA) is 37.0 Å². The normalized spacial score (nSPS) is 22.5. The van der Waals surface area contributed by atoms with Gasteiger partial charge < -0.3 is 10.6 Å². The molecule has 1 heterocycles. The van der Waals surface area contributed by atoms with Crippen molar-refractivity contribution in [1.29, 1.82) is 0 Å². The van der Waals surface area contributed by atoms with Crippen LogP contribution in [0.3, 0.4) is 0 Å². The second-order valence-electron chi connectivity index (χ2n) is 6.01. The summed E-state index contributed by atoms with van der Waals surface area (Å²) in [5, 5.41) is 7.02. The summed E-state index contributed by atoms with van der Waals surface area (Å²) in [4.78, 5) is 4.36. The highest BCUT2D eigenvalue weighted by atomic mass is 15.0. The molecule has 1 aliphatic rings. The van der Waals surface area contributed by atoms with E-state index in [0.717, 1.165) is 24.7 Å². The summed E-state index contributed by atoms with van der Waals surface area (Å²) in [5.74, 6) is 1.95. The first kappa shape index (κ1) is 15.1. The molecule has 1 aromatic rings. The molecule has 0 radical (unpaired) electrons. The second-order valence-corrected chi connectivity index (χ2v) is 6.01. The largest absolute Gasteiger partial charge is 0.382 e. The van der Waals surface area contributed by atoms with Crippen LogP contribution in [-0.2, 0) is 0 Å². The number of hydrogen-bond donors (Lipinski definition) is 2. The van der Waals surface area contributed by atoms with Gasteiger partial charge in [0.25, 0.3) is 0 Å². The molecule has 112 valence electrons. The van der Waals surface area contributed by atoms with E-state index in [1.54, 1.807) is 0 Å². The maximum absolute atomic E-state index is 4.36. The summed E-state index contributed by atoms with van der Waals surface area (Å²) in [7, 11) is 0. The molecule has 3 heteroatoms. The van der Waals surface area contributed by atoms with Crippen LogP contribution < -0.4 is 10.6 Å². The Labute approximate surface area is 123 Å². The molecule has 3 nitrogen and oxygen atoms in total. The molecule has 1 aromatic heterocycles. The number of nitrogens with zero attached hydrogens (tertiary/aromatic N) is 1. The van der Waals surface area contributed by atoms with E-state index in [1.165, 1.54) is 44.2 Å². The second kappa shape index (κ2) is 8.13. The number of pyridine rings is 1. The summed E-state index contributed by atoms with van der Waals surface area (Å²) in [5.41, 5.74) is 1.21. The number of aromatic nitrogens is 1. The fraction of sp³-hybridized carbons (Fsp3) is 0.706. The molecule has 0 unspecified atom stereocenters. The van der Waals surface area contributed by atoms with Gasteiger partial charge in [0, 0.05) is 30.5 Å². The SMILES string of the molecule is CCCNc1cc(NC2CCC(CCC)CC2)ccn1. The van der Waals surface area contributed by atoms with Gasteiger partial charge >= 0.3 is 0 Å². The van der Waals surface area contributed by atoms with Crippen molar-refractivity contribution in [3.05, 3.63) is 18.3 Å². The summed E-state index contributed by atoms with van der Waals surface area (Å²) in [6.07, 6.45) is 11.2. The average Bonchev–Trinajstić information content (AvgIpc) is 2.48. The first-order valence-corrected chi connectivity index (χ1v) is 8.28. The van der Waals surface area contributed by atoms with Crippen molar-refractivity contribution in [1.82, 2.24) is 4.98 Å². The van der Waals surface area contributed by atoms with Crippen molar-refractivity contribution in [2.45, 2.75) is 64.8 Å². The minimum absolute atomic E-state index is 0.643. The lowest BCUT2D eigenvalue weighted by Crippen LogP contribution is -2.26. The zero-order valence-corrected chi connectivity index (χ0v) is 13.0. The summed E-state index contributed by atoms with van der Waals surface area (Å²) >= 11 is 0. The third-order valence-corrected chi connectivity index (χ3v) is 4.23. The lowest BCUT2D eigenvalue weighted by molar-refractivity contribution is 0.319. The van der Waals surface area contributed by atoms with Crippen molar-refractivity contribution in [2.75, 3.05) is 17.2 Å². The molecule has 0 saturated heterocycles. The Morgan fingerprint density at radius 2 is 1.95 bits per heavy atom. The third-order valence-electron chi connectivity index (χ3n) is 4.23. The number of rotatable bonds is 7. The van der Waals surface area contributed by atoms with E-state index in [0.29, 0.717) is 6.04 Å². The molecule has 0 bridgehead atoms. The first-order chi connectivity index (χ1) is 9.81. The molecule has 1 fully saturated rings. The van der Waals surface area contributed by atoms with Crippen LogP contribution in [0.2, 0.25) is 0 Å². The predicted molar refractivity (Wildman–Crippen MR) is 87.3 cm³/mol. The Morgan fingerprint density at radius 1 is 1.15 bits per heavy atom. The number of hydrogen-bond acceptors (Lipinski definition) is 3. The average molecular weight is 275 g/mol. The molecule has 1 aliphatic carbocycles. The molecule has 20 heavy (non-hydrogen) atoms. The molecule has 0 spiro atoms. The van der Waals surface area contributed by atoms with Gasteiger partial charge in [0.05, 0.1) is 0 Å². The Hall–Kier alpha value is -1.25. The van der Waals surface area contributed by atoms with Crippen molar-refractivity contribution in [3.8, 4) is 0 Å². The fourth-order valence-corrected chi connectivity index (χ4v) is 3.11. The minimum Gasteiger partial charge on any atom is -0.382 e. The monoisotopic (exact) mass is 275 g/mol. The third kappa shape index (κ3) is 4.69. The molecule has 0 aromatic carbocycles. The standard InChI is InChI=1S/C17H29N3/c1-3-5-14-6-8-15(9-7-14)20-16-10-12-19-17(13-16)18-11-4-2/h10,12-15H,3-9,11H2,1-2H3,(H2,18,19,20). The lowest BCUT2D eigenvalue weighted by Gasteiger charge is -2.29. The first-order valence-electron chi connectivity index (χ1n) is 8.28. The molecule has 2 rings (SSSR count). The van der Waals surface area contributed by atoms with E-state index in [9.17, 15) is 0 Å². The molecular formula is C17H29N3. The Morgan fingerprint density at radius 3 is 2.65 bits per heavy atom. The van der Waals surface area contributed by atoms with Crippen molar-refractivity contribution in [3.63, 3.8) is 0 Å². The van der Waals surface area contributed by atoms with Crippen LogP contribution in [0.15, 0.2) is 18.3 Å². The predicted octanol–water partition coefficient (Wildman–Crippen LogP) is 4.67. The Kier molecular flexibility index (Phi) is 6.16. The molecule has 0 amide bonds. The van der Waals surface area contributed by atoms with Crippen LogP contribution in [0.4, 0.5) is 11.5 Å².